The second-order valence-corrected chi connectivity index (χ2v) is 12.6. The summed E-state index contributed by atoms with van der Waals surface area (Å²) >= 11 is 0. The molecule has 0 spiro atoms. The molecule has 0 radical (unpaired) electrons. The highest BCUT2D eigenvalue weighted by atomic mass is 16.7. The van der Waals surface area contributed by atoms with Crippen molar-refractivity contribution >= 4 is 23.0 Å². The van der Waals surface area contributed by atoms with Crippen molar-refractivity contribution < 1.29 is 24.3 Å². The molecule has 2 bridgehead atoms. The van der Waals surface area contributed by atoms with Crippen LogP contribution >= 0.6 is 0 Å². The zero-order chi connectivity index (χ0) is 29.4. The van der Waals surface area contributed by atoms with Crippen molar-refractivity contribution in [2.24, 2.45) is 0 Å². The van der Waals surface area contributed by atoms with Gasteiger partial charge in [0.1, 0.15) is 11.6 Å². The minimum atomic E-state index is -0.626. The minimum Gasteiger partial charge on any atom is -0.390 e. The minimum absolute atomic E-state index is 0.0491. The highest BCUT2D eigenvalue weighted by molar-refractivity contribution is 5.81. The number of piperazine rings is 1. The molecule has 2 aromatic rings. The van der Waals surface area contributed by atoms with Crippen molar-refractivity contribution in [3.63, 3.8) is 0 Å². The van der Waals surface area contributed by atoms with Crippen LogP contribution in [0.4, 0.5) is 4.79 Å². The molecular weight excluding hydrogens is 540 g/mol. The molecular formula is C30H44N6O6. The topological polar surface area (TPSA) is 122 Å². The first-order chi connectivity index (χ1) is 20.3. The number of imidazole rings is 1. The number of rotatable bonds is 8. The zero-order valence-corrected chi connectivity index (χ0v) is 24.7. The van der Waals surface area contributed by atoms with Crippen LogP contribution in [-0.2, 0) is 9.53 Å². The van der Waals surface area contributed by atoms with Crippen LogP contribution in [0.1, 0.15) is 58.4 Å². The lowest BCUT2D eigenvalue weighted by atomic mass is 9.97. The van der Waals surface area contributed by atoms with E-state index in [2.05, 4.69) is 15.1 Å². The summed E-state index contributed by atoms with van der Waals surface area (Å²) in [6.07, 6.45) is 4.03. The van der Waals surface area contributed by atoms with Crippen LogP contribution < -0.4 is 15.8 Å². The fraction of sp³-hybridized carbons (Fsp3) is 0.700. The Morgan fingerprint density at radius 2 is 1.71 bits per heavy atom. The van der Waals surface area contributed by atoms with Gasteiger partial charge in [-0.15, -0.1) is 4.73 Å². The van der Waals surface area contributed by atoms with Crippen LogP contribution in [0.5, 0.6) is 0 Å². The summed E-state index contributed by atoms with van der Waals surface area (Å²) in [7, 11) is 0. The molecule has 4 saturated heterocycles. The molecule has 4 fully saturated rings. The number of fused-ring (bicyclic) bond motifs is 3. The Hall–Kier alpha value is -2.93. The number of aliphatic hydroxyl groups excluding tert-OH is 1. The van der Waals surface area contributed by atoms with Gasteiger partial charge in [-0.25, -0.2) is 9.59 Å². The number of amides is 2. The second kappa shape index (κ2) is 12.4. The first-order valence-corrected chi connectivity index (χ1v) is 15.6. The van der Waals surface area contributed by atoms with Gasteiger partial charge < -0.3 is 24.9 Å². The number of piperidine rings is 1. The van der Waals surface area contributed by atoms with E-state index in [1.54, 1.807) is 10.6 Å². The summed E-state index contributed by atoms with van der Waals surface area (Å²) in [6, 6.07) is 7.76. The van der Waals surface area contributed by atoms with Crippen LogP contribution in [-0.4, -0.2) is 117 Å². The van der Waals surface area contributed by atoms with E-state index >= 15 is 0 Å². The lowest BCUT2D eigenvalue weighted by molar-refractivity contribution is -0.142. The van der Waals surface area contributed by atoms with Gasteiger partial charge in [-0.1, -0.05) is 12.1 Å². The van der Waals surface area contributed by atoms with Crippen molar-refractivity contribution in [3.8, 4) is 0 Å². The molecule has 1 aromatic heterocycles. The van der Waals surface area contributed by atoms with Gasteiger partial charge in [0.25, 0.3) is 5.91 Å². The number of nitrogens with one attached hydrogen (secondary N) is 1. The van der Waals surface area contributed by atoms with Crippen LogP contribution in [0.25, 0.3) is 11.0 Å². The Morgan fingerprint density at radius 1 is 1.02 bits per heavy atom. The number of hydrogen-bond acceptors (Lipinski definition) is 8. The average Bonchev–Trinajstić information content (AvgIpc) is 3.65. The number of nitrogens with zero attached hydrogens (tertiary/aromatic N) is 5. The molecule has 12 heteroatoms. The number of benzene rings is 1. The Labute approximate surface area is 246 Å². The fourth-order valence-electron chi connectivity index (χ4n) is 7.42. The van der Waals surface area contributed by atoms with Gasteiger partial charge >= 0.3 is 11.8 Å². The summed E-state index contributed by atoms with van der Waals surface area (Å²) in [5.41, 5.74) is 0.913. The summed E-state index contributed by atoms with van der Waals surface area (Å²) in [4.78, 5) is 50.7. The molecule has 12 nitrogen and oxygen atoms in total. The molecule has 0 aliphatic carbocycles. The molecule has 2 N–H and O–H groups in total. The monoisotopic (exact) mass is 584 g/mol. The van der Waals surface area contributed by atoms with Crippen LogP contribution in [0.2, 0.25) is 0 Å². The Kier molecular flexibility index (Phi) is 8.58. The molecule has 0 saturated carbocycles. The Morgan fingerprint density at radius 3 is 2.36 bits per heavy atom. The van der Waals surface area contributed by atoms with Crippen molar-refractivity contribution in [1.82, 2.24) is 29.3 Å². The van der Waals surface area contributed by atoms with E-state index < -0.39 is 12.2 Å². The van der Waals surface area contributed by atoms with Gasteiger partial charge in [0.05, 0.1) is 11.6 Å². The number of aliphatic hydroxyl groups is 1. The maximum Gasteiger partial charge on any atom is 0.432 e. The lowest BCUT2D eigenvalue weighted by Gasteiger charge is -2.41. The van der Waals surface area contributed by atoms with E-state index in [4.69, 9.17) is 9.57 Å². The number of β-amino-alcohol motifs (C(OH)–C–C–N with tert-alkyl or cyclic N) is 1. The number of ether oxygens (including phenoxy) is 1. The molecule has 2 amide bonds. The van der Waals surface area contributed by atoms with Crippen LogP contribution in [0.15, 0.2) is 29.1 Å². The predicted molar refractivity (Wildman–Crippen MR) is 156 cm³/mol. The molecule has 0 unspecified atom stereocenters. The van der Waals surface area contributed by atoms with Gasteiger partial charge in [0, 0.05) is 70.0 Å². The molecule has 6 rings (SSSR count). The van der Waals surface area contributed by atoms with E-state index in [1.807, 2.05) is 36.9 Å². The van der Waals surface area contributed by atoms with Crippen molar-refractivity contribution in [2.75, 3.05) is 45.9 Å². The van der Waals surface area contributed by atoms with Gasteiger partial charge in [-0.05, 0) is 64.5 Å². The van der Waals surface area contributed by atoms with Crippen molar-refractivity contribution in [3.05, 3.63) is 34.7 Å². The number of carbonyl (C=O) groups excluding carboxylic acids is 2. The quantitative estimate of drug-likeness (QED) is 0.475. The number of hydrogen-bond donors (Lipinski definition) is 2. The van der Waals surface area contributed by atoms with E-state index in [9.17, 15) is 19.5 Å². The molecule has 230 valence electrons. The normalized spacial score (nSPS) is 27.6. The first-order valence-electron chi connectivity index (χ1n) is 15.6. The van der Waals surface area contributed by atoms with E-state index in [-0.39, 0.29) is 41.9 Å². The fourth-order valence-corrected chi connectivity index (χ4v) is 7.42. The molecule has 5 heterocycles. The highest BCUT2D eigenvalue weighted by Gasteiger charge is 2.42. The van der Waals surface area contributed by atoms with Gasteiger partial charge in [0.15, 0.2) is 0 Å². The number of carbonyl (C=O) groups is 2. The van der Waals surface area contributed by atoms with Crippen LogP contribution in [0, 0.1) is 0 Å². The third kappa shape index (κ3) is 5.95. The van der Waals surface area contributed by atoms with Crippen molar-refractivity contribution in [2.45, 2.75) is 88.7 Å². The Bertz CT molecular complexity index is 1310. The average molecular weight is 585 g/mol. The Balaban J connectivity index is 0.979. The van der Waals surface area contributed by atoms with E-state index in [1.165, 1.54) is 0 Å². The summed E-state index contributed by atoms with van der Waals surface area (Å²) in [5, 5.41) is 14.0. The number of para-hydroxylation sites is 2. The van der Waals surface area contributed by atoms with Gasteiger partial charge in [0.2, 0.25) is 0 Å². The largest absolute Gasteiger partial charge is 0.432 e. The molecule has 42 heavy (non-hydrogen) atoms. The highest BCUT2D eigenvalue weighted by Crippen LogP contribution is 2.36. The summed E-state index contributed by atoms with van der Waals surface area (Å²) in [6.45, 7) is 8.58. The third-order valence-corrected chi connectivity index (χ3v) is 9.42. The van der Waals surface area contributed by atoms with Crippen LogP contribution in [0.3, 0.4) is 0 Å². The second-order valence-electron chi connectivity index (χ2n) is 12.6. The molecule has 5 atom stereocenters. The van der Waals surface area contributed by atoms with E-state index in [0.29, 0.717) is 38.3 Å². The summed E-state index contributed by atoms with van der Waals surface area (Å²) in [5.74, 6) is 0.110. The first kappa shape index (κ1) is 29.2. The summed E-state index contributed by atoms with van der Waals surface area (Å²) < 4.78 is 8.27. The van der Waals surface area contributed by atoms with Gasteiger partial charge in [-0.3, -0.25) is 19.2 Å². The predicted octanol–water partition coefficient (Wildman–Crippen LogP) is 1.20. The lowest BCUT2D eigenvalue weighted by Crippen LogP contribution is -2.55. The maximum absolute atomic E-state index is 13.0. The standard InChI is InChI=1S/C30H44N6O6/c1-20(2)35-25-6-3-4-7-26(25)36(30(35)40)42-29(39)31-21-16-22-9-10-23(17-21)34(22)19-24(37)18-32-11-13-33(14-12-32)28(38)27-8-5-15-41-27/h3-4,6-7,20-24,27,37H,5,8-19H2,1-2H3,(H,31,39)/t21-,22-,23+,24-,27+/m0/s1. The van der Waals surface area contributed by atoms with Gasteiger partial charge in [-0.2, -0.15) is 0 Å². The zero-order valence-electron chi connectivity index (χ0n) is 24.7. The molecule has 1 aromatic carbocycles. The third-order valence-electron chi connectivity index (χ3n) is 9.42. The van der Waals surface area contributed by atoms with E-state index in [0.717, 1.165) is 61.9 Å². The maximum atomic E-state index is 13.0. The smallest absolute Gasteiger partial charge is 0.390 e. The van der Waals surface area contributed by atoms with Crippen molar-refractivity contribution in [1.29, 1.82) is 0 Å². The SMILES string of the molecule is CC(C)n1c(=O)n(OC(=O)N[C@@H]2C[C@H]3CC[C@@H](C2)N3C[C@@H](O)CN2CCN(C(=O)[C@H]3CCCO3)CC2)c2ccccc21. The molecule has 4 aliphatic rings. The number of aromatic nitrogens is 2. The molecule has 4 aliphatic heterocycles.